The molecule has 0 unspecified atom stereocenters. The lowest BCUT2D eigenvalue weighted by atomic mass is 9.92. The molecule has 1 fully saturated rings. The second-order valence-electron chi connectivity index (χ2n) is 5.08. The number of nitrogens with one attached hydrogen (secondary N) is 1. The summed E-state index contributed by atoms with van der Waals surface area (Å²) in [6.45, 7) is 1.46. The number of fused-ring (bicyclic) bond motifs is 1. The van der Waals surface area contributed by atoms with Crippen LogP contribution in [0.1, 0.15) is 36.8 Å². The van der Waals surface area contributed by atoms with Crippen LogP contribution in [0.25, 0.3) is 0 Å². The number of ether oxygens (including phenoxy) is 1. The smallest absolute Gasteiger partial charge is 0.0741 e. The zero-order valence-electron chi connectivity index (χ0n) is 9.98. The minimum absolute atomic E-state index is 0.201. The Labute approximate surface area is 102 Å². The molecule has 1 aliphatic heterocycles. The number of hydrogen-bond acceptors (Lipinski definition) is 3. The van der Waals surface area contributed by atoms with Crippen LogP contribution in [0.5, 0.6) is 0 Å². The number of aliphatic hydroxyl groups is 1. The number of anilines is 1. The Morgan fingerprint density at radius 2 is 1.94 bits per heavy atom. The highest BCUT2D eigenvalue weighted by molar-refractivity contribution is 5.50. The Morgan fingerprint density at radius 1 is 1.12 bits per heavy atom. The van der Waals surface area contributed by atoms with Gasteiger partial charge < -0.3 is 15.2 Å². The van der Waals surface area contributed by atoms with Crippen molar-refractivity contribution in [3.63, 3.8) is 0 Å². The van der Waals surface area contributed by atoms with Gasteiger partial charge in [-0.05, 0) is 36.1 Å². The van der Waals surface area contributed by atoms with Gasteiger partial charge in [-0.1, -0.05) is 18.9 Å². The van der Waals surface area contributed by atoms with Crippen molar-refractivity contribution in [1.29, 1.82) is 0 Å². The number of rotatable bonds is 2. The van der Waals surface area contributed by atoms with E-state index in [4.69, 9.17) is 4.74 Å². The molecule has 92 valence electrons. The molecule has 0 spiro atoms. The monoisotopic (exact) mass is 233 g/mol. The normalized spacial score (nSPS) is 27.8. The first kappa shape index (κ1) is 11.1. The Kier molecular flexibility index (Phi) is 3.04. The molecule has 1 saturated carbocycles. The van der Waals surface area contributed by atoms with Crippen molar-refractivity contribution in [2.45, 2.75) is 51.0 Å². The van der Waals surface area contributed by atoms with Gasteiger partial charge in [0.15, 0.2) is 0 Å². The van der Waals surface area contributed by atoms with Gasteiger partial charge in [-0.25, -0.2) is 0 Å². The fraction of sp³-hybridized carbons (Fsp3) is 0.571. The maximum absolute atomic E-state index is 9.94. The van der Waals surface area contributed by atoms with Gasteiger partial charge in [0, 0.05) is 5.69 Å². The lowest BCUT2D eigenvalue weighted by Gasteiger charge is -2.29. The molecule has 2 N–H and O–H groups in total. The van der Waals surface area contributed by atoms with Crippen LogP contribution < -0.4 is 5.32 Å². The van der Waals surface area contributed by atoms with Gasteiger partial charge in [-0.2, -0.15) is 0 Å². The fourth-order valence-corrected chi connectivity index (χ4v) is 2.76. The summed E-state index contributed by atoms with van der Waals surface area (Å²) in [6.07, 6.45) is 4.15. The SMILES string of the molecule is O[C@@H]1CCCC[C@H]1Nc1ccc2c(c1)COC2. The Morgan fingerprint density at radius 3 is 2.82 bits per heavy atom. The van der Waals surface area contributed by atoms with E-state index < -0.39 is 0 Å². The maximum atomic E-state index is 9.94. The van der Waals surface area contributed by atoms with E-state index in [-0.39, 0.29) is 12.1 Å². The van der Waals surface area contributed by atoms with E-state index >= 15 is 0 Å². The van der Waals surface area contributed by atoms with E-state index in [0.717, 1.165) is 38.2 Å². The van der Waals surface area contributed by atoms with Gasteiger partial charge in [0.05, 0.1) is 25.4 Å². The first-order valence-electron chi connectivity index (χ1n) is 6.47. The predicted molar refractivity (Wildman–Crippen MR) is 66.8 cm³/mol. The zero-order chi connectivity index (χ0) is 11.7. The summed E-state index contributed by atoms with van der Waals surface area (Å²) in [5.74, 6) is 0. The van der Waals surface area contributed by atoms with Gasteiger partial charge in [0.1, 0.15) is 0 Å². The van der Waals surface area contributed by atoms with Crippen LogP contribution in [0.3, 0.4) is 0 Å². The summed E-state index contributed by atoms with van der Waals surface area (Å²) in [6, 6.07) is 6.59. The molecular weight excluding hydrogens is 214 g/mol. The quantitative estimate of drug-likeness (QED) is 0.824. The third kappa shape index (κ3) is 2.31. The molecule has 0 aromatic heterocycles. The minimum Gasteiger partial charge on any atom is -0.391 e. The maximum Gasteiger partial charge on any atom is 0.0741 e. The van der Waals surface area contributed by atoms with E-state index in [9.17, 15) is 5.11 Å². The molecule has 3 rings (SSSR count). The van der Waals surface area contributed by atoms with Crippen LogP contribution in [0.15, 0.2) is 18.2 Å². The van der Waals surface area contributed by atoms with Crippen molar-refractivity contribution in [2.24, 2.45) is 0 Å². The van der Waals surface area contributed by atoms with Crippen LogP contribution in [0.4, 0.5) is 5.69 Å². The fourth-order valence-electron chi connectivity index (χ4n) is 2.76. The molecule has 3 heteroatoms. The lowest BCUT2D eigenvalue weighted by molar-refractivity contribution is 0.116. The largest absolute Gasteiger partial charge is 0.391 e. The molecular formula is C14H19NO2. The van der Waals surface area contributed by atoms with Crippen LogP contribution in [0, 0.1) is 0 Å². The first-order chi connectivity index (χ1) is 8.33. The van der Waals surface area contributed by atoms with Crippen molar-refractivity contribution >= 4 is 5.69 Å². The lowest BCUT2D eigenvalue weighted by Crippen LogP contribution is -2.36. The predicted octanol–water partition coefficient (Wildman–Crippen LogP) is 2.43. The highest BCUT2D eigenvalue weighted by atomic mass is 16.5. The van der Waals surface area contributed by atoms with Crippen LogP contribution >= 0.6 is 0 Å². The molecule has 2 aliphatic rings. The first-order valence-corrected chi connectivity index (χ1v) is 6.47. The van der Waals surface area contributed by atoms with Gasteiger partial charge in [-0.3, -0.25) is 0 Å². The molecule has 3 nitrogen and oxygen atoms in total. The molecule has 0 radical (unpaired) electrons. The van der Waals surface area contributed by atoms with E-state index in [2.05, 4.69) is 23.5 Å². The van der Waals surface area contributed by atoms with E-state index in [1.54, 1.807) is 0 Å². The highest BCUT2D eigenvalue weighted by Gasteiger charge is 2.23. The van der Waals surface area contributed by atoms with Gasteiger partial charge in [0.25, 0.3) is 0 Å². The van der Waals surface area contributed by atoms with Crippen LogP contribution in [-0.4, -0.2) is 17.3 Å². The summed E-state index contributed by atoms with van der Waals surface area (Å²) in [4.78, 5) is 0. The zero-order valence-corrected chi connectivity index (χ0v) is 9.98. The summed E-state index contributed by atoms with van der Waals surface area (Å²) in [7, 11) is 0. The van der Waals surface area contributed by atoms with E-state index in [0.29, 0.717) is 0 Å². The molecule has 2 atom stereocenters. The third-order valence-corrected chi connectivity index (χ3v) is 3.80. The molecule has 0 bridgehead atoms. The van der Waals surface area contributed by atoms with Gasteiger partial charge in [0.2, 0.25) is 0 Å². The highest BCUT2D eigenvalue weighted by Crippen LogP contribution is 2.26. The molecule has 0 saturated heterocycles. The summed E-state index contributed by atoms with van der Waals surface area (Å²) >= 11 is 0. The molecule has 1 heterocycles. The third-order valence-electron chi connectivity index (χ3n) is 3.80. The topological polar surface area (TPSA) is 41.5 Å². The van der Waals surface area contributed by atoms with Crippen molar-refractivity contribution in [1.82, 2.24) is 0 Å². The molecule has 1 aromatic carbocycles. The standard InChI is InChI=1S/C14H19NO2/c16-14-4-2-1-3-13(14)15-12-6-5-10-8-17-9-11(10)7-12/h5-7,13-16H,1-4,8-9H2/t13-,14-/m1/s1. The number of aliphatic hydroxyl groups excluding tert-OH is 1. The van der Waals surface area contributed by atoms with Crippen molar-refractivity contribution in [2.75, 3.05) is 5.32 Å². The second kappa shape index (κ2) is 4.67. The van der Waals surface area contributed by atoms with E-state index in [1.807, 2.05) is 0 Å². The van der Waals surface area contributed by atoms with Crippen molar-refractivity contribution < 1.29 is 9.84 Å². The van der Waals surface area contributed by atoms with Crippen molar-refractivity contribution in [3.8, 4) is 0 Å². The van der Waals surface area contributed by atoms with Crippen LogP contribution in [-0.2, 0) is 18.0 Å². The molecule has 1 aliphatic carbocycles. The Hall–Kier alpha value is -1.06. The average molecular weight is 233 g/mol. The molecule has 17 heavy (non-hydrogen) atoms. The number of benzene rings is 1. The Bertz CT molecular complexity index is 405. The summed E-state index contributed by atoms with van der Waals surface area (Å²) in [5.41, 5.74) is 3.68. The molecule has 1 aromatic rings. The van der Waals surface area contributed by atoms with Crippen LogP contribution in [0.2, 0.25) is 0 Å². The Balaban J connectivity index is 1.72. The summed E-state index contributed by atoms with van der Waals surface area (Å²) in [5, 5.41) is 13.4. The van der Waals surface area contributed by atoms with E-state index in [1.165, 1.54) is 17.5 Å². The number of hydrogen-bond donors (Lipinski definition) is 2. The molecule has 0 amide bonds. The van der Waals surface area contributed by atoms with Gasteiger partial charge >= 0.3 is 0 Å². The minimum atomic E-state index is -0.201. The second-order valence-corrected chi connectivity index (χ2v) is 5.08. The van der Waals surface area contributed by atoms with Crippen molar-refractivity contribution in [3.05, 3.63) is 29.3 Å². The summed E-state index contributed by atoms with van der Waals surface area (Å²) < 4.78 is 5.40. The average Bonchev–Trinajstić information content (AvgIpc) is 2.79. The van der Waals surface area contributed by atoms with Gasteiger partial charge in [-0.15, -0.1) is 0 Å².